The highest BCUT2D eigenvalue weighted by molar-refractivity contribution is 5.75. The molecule has 1 saturated carbocycles. The molecule has 0 saturated heterocycles. The van der Waals surface area contributed by atoms with Crippen molar-refractivity contribution in [2.45, 2.75) is 52.4 Å². The Morgan fingerprint density at radius 3 is 2.67 bits per heavy atom. The summed E-state index contributed by atoms with van der Waals surface area (Å²) < 4.78 is 5.18. The molecule has 18 heavy (non-hydrogen) atoms. The smallest absolute Gasteiger partial charge is 0.310 e. The number of carbonyl (C=O) groups is 1. The van der Waals surface area contributed by atoms with Crippen LogP contribution in [-0.2, 0) is 17.6 Å². The molecule has 0 aliphatic heterocycles. The molecule has 0 aromatic carbocycles. The lowest BCUT2D eigenvalue weighted by Crippen LogP contribution is -2.30. The van der Waals surface area contributed by atoms with Crippen molar-refractivity contribution in [3.05, 3.63) is 11.7 Å². The quantitative estimate of drug-likeness (QED) is 0.871. The summed E-state index contributed by atoms with van der Waals surface area (Å²) in [5.74, 6) is 0.882. The van der Waals surface area contributed by atoms with Gasteiger partial charge < -0.3 is 9.63 Å². The van der Waals surface area contributed by atoms with Crippen molar-refractivity contribution in [3.8, 4) is 0 Å². The summed E-state index contributed by atoms with van der Waals surface area (Å²) in [6.07, 6.45) is 4.50. The first-order chi connectivity index (χ1) is 8.52. The molecule has 5 nitrogen and oxygen atoms in total. The van der Waals surface area contributed by atoms with Crippen molar-refractivity contribution in [2.75, 3.05) is 0 Å². The lowest BCUT2D eigenvalue weighted by Gasteiger charge is -2.21. The Kier molecular flexibility index (Phi) is 3.68. The number of nitrogens with zero attached hydrogens (tertiary/aromatic N) is 2. The van der Waals surface area contributed by atoms with Gasteiger partial charge in [0.25, 0.3) is 0 Å². The van der Waals surface area contributed by atoms with E-state index in [-0.39, 0.29) is 0 Å². The third kappa shape index (κ3) is 2.71. The molecule has 1 fully saturated rings. The highest BCUT2D eigenvalue weighted by Crippen LogP contribution is 2.40. The Balaban J connectivity index is 2.08. The van der Waals surface area contributed by atoms with Crippen molar-refractivity contribution in [2.24, 2.45) is 11.3 Å². The zero-order valence-corrected chi connectivity index (χ0v) is 11.0. The van der Waals surface area contributed by atoms with Gasteiger partial charge in [0.2, 0.25) is 5.89 Å². The van der Waals surface area contributed by atoms with E-state index in [1.165, 1.54) is 0 Å². The highest BCUT2D eigenvalue weighted by atomic mass is 16.5. The van der Waals surface area contributed by atoms with Gasteiger partial charge in [0.05, 0.1) is 5.41 Å². The third-order valence-corrected chi connectivity index (χ3v) is 3.60. The second-order valence-electron chi connectivity index (χ2n) is 5.67. The van der Waals surface area contributed by atoms with Gasteiger partial charge in [-0.2, -0.15) is 4.98 Å². The number of rotatable bonds is 5. The average Bonchev–Trinajstić information content (AvgIpc) is 2.88. The van der Waals surface area contributed by atoms with E-state index in [1.54, 1.807) is 0 Å². The van der Waals surface area contributed by atoms with Crippen LogP contribution in [0.3, 0.4) is 0 Å². The van der Waals surface area contributed by atoms with Crippen molar-refractivity contribution in [3.63, 3.8) is 0 Å². The molecular formula is C13H20N2O3. The molecule has 0 unspecified atom stereocenters. The molecule has 1 aromatic heterocycles. The Labute approximate surface area is 107 Å². The molecule has 5 heteroatoms. The summed E-state index contributed by atoms with van der Waals surface area (Å²) in [5, 5.41) is 13.3. The molecule has 1 aliphatic carbocycles. The molecule has 0 amide bonds. The molecule has 100 valence electrons. The van der Waals surface area contributed by atoms with Gasteiger partial charge in [-0.05, 0) is 18.8 Å². The van der Waals surface area contributed by atoms with Crippen LogP contribution in [0.25, 0.3) is 0 Å². The molecule has 2 rings (SSSR count). The molecule has 1 heterocycles. The summed E-state index contributed by atoms with van der Waals surface area (Å²) in [4.78, 5) is 15.7. The van der Waals surface area contributed by atoms with Gasteiger partial charge >= 0.3 is 5.97 Å². The van der Waals surface area contributed by atoms with Gasteiger partial charge in [-0.25, -0.2) is 0 Å². The Morgan fingerprint density at radius 1 is 1.44 bits per heavy atom. The van der Waals surface area contributed by atoms with Crippen LogP contribution < -0.4 is 0 Å². The molecule has 1 N–H and O–H groups in total. The predicted molar refractivity (Wildman–Crippen MR) is 65.1 cm³/mol. The minimum Gasteiger partial charge on any atom is -0.481 e. The predicted octanol–water partition coefficient (Wildman–Crippen LogP) is 2.46. The topological polar surface area (TPSA) is 76.2 Å². The van der Waals surface area contributed by atoms with Crippen LogP contribution in [0.1, 0.15) is 51.2 Å². The number of carboxylic acids is 1. The number of hydrogen-bond acceptors (Lipinski definition) is 4. The van der Waals surface area contributed by atoms with Crippen LogP contribution in [0.15, 0.2) is 4.52 Å². The molecule has 0 bridgehead atoms. The highest BCUT2D eigenvalue weighted by Gasteiger charge is 2.42. The van der Waals surface area contributed by atoms with Crippen molar-refractivity contribution >= 4 is 5.97 Å². The summed E-state index contributed by atoms with van der Waals surface area (Å²) in [6, 6.07) is 0. The fourth-order valence-corrected chi connectivity index (χ4v) is 2.62. The second kappa shape index (κ2) is 5.08. The Morgan fingerprint density at radius 2 is 2.11 bits per heavy atom. The molecule has 0 spiro atoms. The van der Waals surface area contributed by atoms with E-state index < -0.39 is 11.4 Å². The number of aliphatic carboxylic acids is 1. The lowest BCUT2D eigenvalue weighted by atomic mass is 9.83. The van der Waals surface area contributed by atoms with Gasteiger partial charge in [-0.1, -0.05) is 31.8 Å². The van der Waals surface area contributed by atoms with Gasteiger partial charge in [-0.3, -0.25) is 4.79 Å². The Bertz CT molecular complexity index is 420. The standard InChI is InChI=1S/C13H20N2O3/c1-9(2)7-10-14-11(18-15-10)8-13(12(16)17)5-3-4-6-13/h9H,3-8H2,1-2H3,(H,16,17). The second-order valence-corrected chi connectivity index (χ2v) is 5.67. The van der Waals surface area contributed by atoms with E-state index in [1.807, 2.05) is 0 Å². The Hall–Kier alpha value is -1.39. The van der Waals surface area contributed by atoms with E-state index in [0.29, 0.717) is 36.9 Å². The summed E-state index contributed by atoms with van der Waals surface area (Å²) >= 11 is 0. The molecular weight excluding hydrogens is 232 g/mol. The van der Waals surface area contributed by atoms with Crippen LogP contribution >= 0.6 is 0 Å². The fraction of sp³-hybridized carbons (Fsp3) is 0.769. The maximum atomic E-state index is 11.4. The normalized spacial score (nSPS) is 18.4. The number of hydrogen-bond donors (Lipinski definition) is 1. The van der Waals surface area contributed by atoms with Crippen LogP contribution in [-0.4, -0.2) is 21.2 Å². The van der Waals surface area contributed by atoms with Gasteiger partial charge in [-0.15, -0.1) is 0 Å². The zero-order valence-electron chi connectivity index (χ0n) is 11.0. The van der Waals surface area contributed by atoms with E-state index in [9.17, 15) is 9.90 Å². The fourth-order valence-electron chi connectivity index (χ4n) is 2.62. The number of carboxylic acid groups (broad SMARTS) is 1. The first-order valence-corrected chi connectivity index (χ1v) is 6.57. The third-order valence-electron chi connectivity index (χ3n) is 3.60. The van der Waals surface area contributed by atoms with Crippen LogP contribution in [0.4, 0.5) is 0 Å². The van der Waals surface area contributed by atoms with Crippen LogP contribution in [0.5, 0.6) is 0 Å². The average molecular weight is 252 g/mol. The largest absolute Gasteiger partial charge is 0.481 e. The first kappa shape index (κ1) is 13.1. The zero-order chi connectivity index (χ0) is 13.2. The summed E-state index contributed by atoms with van der Waals surface area (Å²) in [5.41, 5.74) is -0.679. The molecule has 0 radical (unpaired) electrons. The minimum atomic E-state index is -0.733. The minimum absolute atomic E-state index is 0.368. The first-order valence-electron chi connectivity index (χ1n) is 6.57. The molecule has 1 aliphatic rings. The summed E-state index contributed by atoms with van der Waals surface area (Å²) in [6.45, 7) is 4.18. The number of aromatic nitrogens is 2. The van der Waals surface area contributed by atoms with Crippen LogP contribution in [0.2, 0.25) is 0 Å². The van der Waals surface area contributed by atoms with Crippen molar-refractivity contribution in [1.29, 1.82) is 0 Å². The maximum absolute atomic E-state index is 11.4. The molecule has 1 aromatic rings. The van der Waals surface area contributed by atoms with Crippen LogP contribution in [0, 0.1) is 11.3 Å². The maximum Gasteiger partial charge on any atom is 0.310 e. The molecule has 0 atom stereocenters. The van der Waals surface area contributed by atoms with Crippen molar-refractivity contribution < 1.29 is 14.4 Å². The lowest BCUT2D eigenvalue weighted by molar-refractivity contribution is -0.148. The monoisotopic (exact) mass is 252 g/mol. The van der Waals surface area contributed by atoms with E-state index in [2.05, 4.69) is 24.0 Å². The summed E-state index contributed by atoms with van der Waals surface area (Å²) in [7, 11) is 0. The van der Waals surface area contributed by atoms with Gasteiger partial charge in [0.15, 0.2) is 5.82 Å². The van der Waals surface area contributed by atoms with E-state index in [0.717, 1.165) is 19.3 Å². The van der Waals surface area contributed by atoms with E-state index in [4.69, 9.17) is 4.52 Å². The van der Waals surface area contributed by atoms with E-state index >= 15 is 0 Å². The SMILES string of the molecule is CC(C)Cc1noc(CC2(C(=O)O)CCCC2)n1. The van der Waals surface area contributed by atoms with Crippen molar-refractivity contribution in [1.82, 2.24) is 10.1 Å². The van der Waals surface area contributed by atoms with Gasteiger partial charge in [0, 0.05) is 12.8 Å². The van der Waals surface area contributed by atoms with Gasteiger partial charge in [0.1, 0.15) is 0 Å².